The van der Waals surface area contributed by atoms with Crippen LogP contribution in [0.2, 0.25) is 0 Å². The maximum atomic E-state index is 10.6. The molecule has 1 heterocycles. The molecule has 4 nitrogen and oxygen atoms in total. The SMILES string of the molecule is Nc1ccccc1OC1CC(=O)N1. The molecule has 1 aromatic carbocycles. The number of ether oxygens (including phenoxy) is 1. The summed E-state index contributed by atoms with van der Waals surface area (Å²) in [6, 6.07) is 7.21. The summed E-state index contributed by atoms with van der Waals surface area (Å²) >= 11 is 0. The van der Waals surface area contributed by atoms with Crippen molar-refractivity contribution in [3.05, 3.63) is 24.3 Å². The van der Waals surface area contributed by atoms with Crippen molar-refractivity contribution in [2.75, 3.05) is 5.73 Å². The quantitative estimate of drug-likeness (QED) is 0.511. The molecule has 0 bridgehead atoms. The lowest BCUT2D eigenvalue weighted by Gasteiger charge is -2.27. The molecule has 1 aliphatic rings. The van der Waals surface area contributed by atoms with Gasteiger partial charge >= 0.3 is 0 Å². The van der Waals surface area contributed by atoms with Crippen molar-refractivity contribution in [3.63, 3.8) is 0 Å². The Bertz CT molecular complexity index is 330. The lowest BCUT2D eigenvalue weighted by Crippen LogP contribution is -2.51. The van der Waals surface area contributed by atoms with Crippen LogP contribution < -0.4 is 15.8 Å². The maximum Gasteiger partial charge on any atom is 0.228 e. The van der Waals surface area contributed by atoms with E-state index in [0.717, 1.165) is 0 Å². The van der Waals surface area contributed by atoms with Crippen molar-refractivity contribution in [1.29, 1.82) is 0 Å². The molecule has 2 rings (SSSR count). The minimum atomic E-state index is -0.211. The van der Waals surface area contributed by atoms with E-state index in [2.05, 4.69) is 5.32 Å². The summed E-state index contributed by atoms with van der Waals surface area (Å²) < 4.78 is 5.39. The summed E-state index contributed by atoms with van der Waals surface area (Å²) in [7, 11) is 0. The van der Waals surface area contributed by atoms with Crippen LogP contribution in [0.15, 0.2) is 24.3 Å². The number of nitrogens with one attached hydrogen (secondary N) is 1. The molecule has 1 aliphatic heterocycles. The van der Waals surface area contributed by atoms with Gasteiger partial charge in [0.25, 0.3) is 0 Å². The second-order valence-electron chi connectivity index (χ2n) is 2.92. The van der Waals surface area contributed by atoms with Crippen molar-refractivity contribution >= 4 is 11.6 Å². The van der Waals surface area contributed by atoms with Gasteiger partial charge in [-0.1, -0.05) is 12.1 Å². The molecule has 1 fully saturated rings. The number of hydrogen-bond acceptors (Lipinski definition) is 3. The largest absolute Gasteiger partial charge is 0.468 e. The molecule has 1 aromatic rings. The van der Waals surface area contributed by atoms with Crippen LogP contribution >= 0.6 is 0 Å². The van der Waals surface area contributed by atoms with Gasteiger partial charge in [0.2, 0.25) is 5.91 Å². The average Bonchev–Trinajstić information content (AvgIpc) is 2.06. The normalized spacial score (nSPS) is 20.3. The predicted octanol–water partition coefficient (Wildman–Crippen LogP) is 0.494. The number of carbonyl (C=O) groups excluding carboxylic acids is 1. The summed E-state index contributed by atoms with van der Waals surface area (Å²) in [4.78, 5) is 10.6. The molecule has 0 radical (unpaired) electrons. The Hall–Kier alpha value is -1.71. The van der Waals surface area contributed by atoms with Crippen LogP contribution in [-0.2, 0) is 4.79 Å². The first-order chi connectivity index (χ1) is 6.25. The van der Waals surface area contributed by atoms with Gasteiger partial charge in [0.1, 0.15) is 5.75 Å². The molecule has 0 saturated carbocycles. The third-order valence-electron chi connectivity index (χ3n) is 1.88. The number of anilines is 1. The van der Waals surface area contributed by atoms with E-state index >= 15 is 0 Å². The van der Waals surface area contributed by atoms with E-state index in [-0.39, 0.29) is 12.1 Å². The first kappa shape index (κ1) is 7.91. The van der Waals surface area contributed by atoms with Gasteiger partial charge in [0.05, 0.1) is 12.1 Å². The van der Waals surface area contributed by atoms with E-state index < -0.39 is 0 Å². The van der Waals surface area contributed by atoms with Gasteiger partial charge in [-0.05, 0) is 12.1 Å². The van der Waals surface area contributed by atoms with E-state index in [1.54, 1.807) is 12.1 Å². The number of amides is 1. The highest BCUT2D eigenvalue weighted by Crippen LogP contribution is 2.22. The molecule has 13 heavy (non-hydrogen) atoms. The first-order valence-corrected chi connectivity index (χ1v) is 4.06. The lowest BCUT2D eigenvalue weighted by molar-refractivity contribution is -0.134. The number of nitrogens with two attached hydrogens (primary N) is 1. The standard InChI is InChI=1S/C9H10N2O2/c10-6-3-1-2-4-7(6)13-9-5-8(12)11-9/h1-4,9H,5,10H2,(H,11,12). The molecule has 3 N–H and O–H groups in total. The minimum absolute atomic E-state index is 0.0134. The fourth-order valence-corrected chi connectivity index (χ4v) is 1.14. The summed E-state index contributed by atoms with van der Waals surface area (Å²) in [6.45, 7) is 0. The van der Waals surface area contributed by atoms with Gasteiger partial charge < -0.3 is 15.8 Å². The number of hydrogen-bond donors (Lipinski definition) is 2. The zero-order valence-electron chi connectivity index (χ0n) is 6.99. The lowest BCUT2D eigenvalue weighted by atomic mass is 10.2. The number of β-lactam (4-membered cyclic amide) rings is 1. The van der Waals surface area contributed by atoms with Crippen LogP contribution in [0.5, 0.6) is 5.75 Å². The number of nitrogen functional groups attached to an aromatic ring is 1. The smallest absolute Gasteiger partial charge is 0.228 e. The van der Waals surface area contributed by atoms with Crippen molar-refractivity contribution in [3.8, 4) is 5.75 Å². The zero-order chi connectivity index (χ0) is 9.26. The molecule has 1 saturated heterocycles. The number of para-hydroxylation sites is 2. The highest BCUT2D eigenvalue weighted by molar-refractivity contribution is 5.82. The molecule has 1 atom stereocenters. The van der Waals surface area contributed by atoms with E-state index in [1.165, 1.54) is 0 Å². The van der Waals surface area contributed by atoms with Gasteiger partial charge in [-0.25, -0.2) is 0 Å². The Morgan fingerprint density at radius 2 is 2.15 bits per heavy atom. The third kappa shape index (κ3) is 1.56. The topological polar surface area (TPSA) is 64.3 Å². The van der Waals surface area contributed by atoms with E-state index in [9.17, 15) is 4.79 Å². The van der Waals surface area contributed by atoms with Crippen LogP contribution in [0, 0.1) is 0 Å². The van der Waals surface area contributed by atoms with Gasteiger partial charge in [0.15, 0.2) is 6.23 Å². The van der Waals surface area contributed by atoms with Gasteiger partial charge in [0, 0.05) is 0 Å². The van der Waals surface area contributed by atoms with Gasteiger partial charge in [-0.2, -0.15) is 0 Å². The third-order valence-corrected chi connectivity index (χ3v) is 1.88. The molecule has 1 amide bonds. The fourth-order valence-electron chi connectivity index (χ4n) is 1.14. The molecular weight excluding hydrogens is 168 g/mol. The average molecular weight is 178 g/mol. The Balaban J connectivity index is 2.02. The second kappa shape index (κ2) is 2.97. The van der Waals surface area contributed by atoms with Crippen LogP contribution in [-0.4, -0.2) is 12.1 Å². The van der Waals surface area contributed by atoms with Gasteiger partial charge in [-0.3, -0.25) is 4.79 Å². The molecule has 0 spiro atoms. The maximum absolute atomic E-state index is 10.6. The van der Waals surface area contributed by atoms with Crippen LogP contribution in [0.3, 0.4) is 0 Å². The molecule has 4 heteroatoms. The van der Waals surface area contributed by atoms with Crippen molar-refractivity contribution in [1.82, 2.24) is 5.32 Å². The van der Waals surface area contributed by atoms with Crippen LogP contribution in [0.4, 0.5) is 5.69 Å². The molecule has 1 unspecified atom stereocenters. The van der Waals surface area contributed by atoms with Crippen molar-refractivity contribution < 1.29 is 9.53 Å². The Morgan fingerprint density at radius 3 is 2.77 bits per heavy atom. The molecular formula is C9H10N2O2. The number of carbonyl (C=O) groups is 1. The van der Waals surface area contributed by atoms with Crippen LogP contribution in [0.25, 0.3) is 0 Å². The summed E-state index contributed by atoms with van der Waals surface area (Å²) in [6.07, 6.45) is 0.200. The number of rotatable bonds is 2. The van der Waals surface area contributed by atoms with Crippen LogP contribution in [0.1, 0.15) is 6.42 Å². The van der Waals surface area contributed by atoms with Crippen molar-refractivity contribution in [2.24, 2.45) is 0 Å². The monoisotopic (exact) mass is 178 g/mol. The highest BCUT2D eigenvalue weighted by Gasteiger charge is 2.27. The molecule has 0 aromatic heterocycles. The minimum Gasteiger partial charge on any atom is -0.468 e. The van der Waals surface area contributed by atoms with Crippen molar-refractivity contribution in [2.45, 2.75) is 12.6 Å². The Morgan fingerprint density at radius 1 is 1.46 bits per heavy atom. The molecule has 68 valence electrons. The highest BCUT2D eigenvalue weighted by atomic mass is 16.5. The molecule has 0 aliphatic carbocycles. The summed E-state index contributed by atoms with van der Waals surface area (Å²) in [5.74, 6) is 0.631. The predicted molar refractivity (Wildman–Crippen MR) is 48.0 cm³/mol. The van der Waals surface area contributed by atoms with E-state index in [1.807, 2.05) is 12.1 Å². The Kier molecular flexibility index (Phi) is 1.81. The zero-order valence-corrected chi connectivity index (χ0v) is 6.99. The Labute approximate surface area is 75.7 Å². The summed E-state index contributed by atoms with van der Waals surface area (Å²) in [5.41, 5.74) is 6.23. The van der Waals surface area contributed by atoms with E-state index in [0.29, 0.717) is 17.9 Å². The fraction of sp³-hybridized carbons (Fsp3) is 0.222. The van der Waals surface area contributed by atoms with Gasteiger partial charge in [-0.15, -0.1) is 0 Å². The summed E-state index contributed by atoms with van der Waals surface area (Å²) in [5, 5.41) is 2.60. The number of benzene rings is 1. The van der Waals surface area contributed by atoms with E-state index in [4.69, 9.17) is 10.5 Å². The first-order valence-electron chi connectivity index (χ1n) is 4.06. The second-order valence-corrected chi connectivity index (χ2v) is 2.92.